The summed E-state index contributed by atoms with van der Waals surface area (Å²) in [4.78, 5) is 5.18. The van der Waals surface area contributed by atoms with E-state index < -0.39 is 0 Å². The van der Waals surface area contributed by atoms with Crippen LogP contribution in [-0.4, -0.2) is 4.98 Å². The minimum Gasteiger partial charge on any atom is -0.456 e. The molecule has 0 aliphatic heterocycles. The highest BCUT2D eigenvalue weighted by Gasteiger charge is 2.41. The average Bonchev–Trinajstić information content (AvgIpc) is 3.32. The van der Waals surface area contributed by atoms with Crippen molar-refractivity contribution in [2.24, 2.45) is 0 Å². The molecule has 0 atom stereocenters. The monoisotopic (exact) mass is 411 g/mol. The highest BCUT2D eigenvalue weighted by Crippen LogP contribution is 2.55. The molecule has 2 nitrogen and oxygen atoms in total. The lowest BCUT2D eigenvalue weighted by molar-refractivity contribution is 0.619. The zero-order chi connectivity index (χ0) is 21.4. The Morgan fingerprint density at radius 1 is 0.656 bits per heavy atom. The van der Waals surface area contributed by atoms with Gasteiger partial charge in [-0.2, -0.15) is 0 Å². The van der Waals surface area contributed by atoms with E-state index in [-0.39, 0.29) is 5.41 Å². The molecule has 0 N–H and O–H groups in total. The lowest BCUT2D eigenvalue weighted by atomic mass is 9.81. The summed E-state index contributed by atoms with van der Waals surface area (Å²) in [6.07, 6.45) is 0. The molecule has 32 heavy (non-hydrogen) atoms. The number of nitrogens with zero attached hydrogens (tertiary/aromatic N) is 1. The third-order valence-corrected chi connectivity index (χ3v) is 7.05. The van der Waals surface area contributed by atoms with Crippen molar-refractivity contribution in [2.45, 2.75) is 19.3 Å². The number of benzene rings is 4. The largest absolute Gasteiger partial charge is 0.456 e. The second-order valence-electron chi connectivity index (χ2n) is 9.18. The molecule has 152 valence electrons. The van der Waals surface area contributed by atoms with Gasteiger partial charge < -0.3 is 4.42 Å². The Hall–Kier alpha value is -3.91. The Morgan fingerprint density at radius 2 is 1.34 bits per heavy atom. The predicted molar refractivity (Wildman–Crippen MR) is 132 cm³/mol. The zero-order valence-electron chi connectivity index (χ0n) is 18.0. The normalized spacial score (nSPS) is 14.2. The molecule has 2 heterocycles. The number of hydrogen-bond donors (Lipinski definition) is 0. The van der Waals surface area contributed by atoms with Crippen molar-refractivity contribution < 1.29 is 4.42 Å². The van der Waals surface area contributed by atoms with Crippen LogP contribution in [-0.2, 0) is 5.41 Å². The van der Waals surface area contributed by atoms with Gasteiger partial charge in [0.2, 0.25) is 0 Å². The molecular formula is C30H21NO. The first kappa shape index (κ1) is 17.7. The number of para-hydroxylation sites is 2. The van der Waals surface area contributed by atoms with Gasteiger partial charge in [0.05, 0.1) is 11.2 Å². The topological polar surface area (TPSA) is 26.0 Å². The van der Waals surface area contributed by atoms with Crippen molar-refractivity contribution >= 4 is 32.6 Å². The molecule has 0 spiro atoms. The lowest BCUT2D eigenvalue weighted by Gasteiger charge is -2.21. The first-order chi connectivity index (χ1) is 15.6. The van der Waals surface area contributed by atoms with Crippen molar-refractivity contribution in [3.05, 3.63) is 102 Å². The van der Waals surface area contributed by atoms with Gasteiger partial charge in [-0.25, -0.2) is 4.98 Å². The van der Waals surface area contributed by atoms with Crippen LogP contribution in [0.25, 0.3) is 55.2 Å². The van der Waals surface area contributed by atoms with Crippen LogP contribution < -0.4 is 0 Å². The van der Waals surface area contributed by atoms with Gasteiger partial charge >= 0.3 is 0 Å². The van der Waals surface area contributed by atoms with Gasteiger partial charge in [0.15, 0.2) is 0 Å². The summed E-state index contributed by atoms with van der Waals surface area (Å²) in [5.74, 6) is 0.987. The molecule has 1 aliphatic rings. The second-order valence-corrected chi connectivity index (χ2v) is 9.18. The Morgan fingerprint density at radius 3 is 2.19 bits per heavy atom. The van der Waals surface area contributed by atoms with Gasteiger partial charge in [0.25, 0.3) is 0 Å². The van der Waals surface area contributed by atoms with Crippen LogP contribution in [0.3, 0.4) is 0 Å². The van der Waals surface area contributed by atoms with E-state index in [1.165, 1.54) is 38.2 Å². The third kappa shape index (κ3) is 2.17. The Bertz CT molecular complexity index is 1700. The van der Waals surface area contributed by atoms with E-state index in [9.17, 15) is 0 Å². The van der Waals surface area contributed by atoms with E-state index in [1.54, 1.807) is 0 Å². The highest BCUT2D eigenvalue weighted by molar-refractivity contribution is 6.12. The molecule has 7 rings (SSSR count). The van der Waals surface area contributed by atoms with E-state index in [2.05, 4.69) is 98.8 Å². The second kappa shape index (κ2) is 6.08. The van der Waals surface area contributed by atoms with E-state index >= 15 is 0 Å². The van der Waals surface area contributed by atoms with Crippen LogP contribution in [0.15, 0.2) is 95.4 Å². The van der Waals surface area contributed by atoms with Crippen LogP contribution >= 0.6 is 0 Å². The van der Waals surface area contributed by atoms with Gasteiger partial charge in [-0.1, -0.05) is 92.7 Å². The maximum Gasteiger partial charge on any atom is 0.140 e. The third-order valence-electron chi connectivity index (χ3n) is 7.05. The number of aromatic nitrogens is 1. The van der Waals surface area contributed by atoms with Crippen molar-refractivity contribution in [2.75, 3.05) is 0 Å². The molecule has 4 aromatic carbocycles. The van der Waals surface area contributed by atoms with Crippen LogP contribution in [0.2, 0.25) is 0 Å². The van der Waals surface area contributed by atoms with Crippen molar-refractivity contribution in [3.8, 4) is 22.6 Å². The first-order valence-electron chi connectivity index (χ1n) is 11.1. The van der Waals surface area contributed by atoms with Gasteiger partial charge in [-0.3, -0.25) is 0 Å². The smallest absolute Gasteiger partial charge is 0.140 e. The fraction of sp³-hybridized carbons (Fsp3) is 0.100. The molecule has 0 unspecified atom stereocenters. The van der Waals surface area contributed by atoms with Gasteiger partial charge in [-0.15, -0.1) is 0 Å². The molecular weight excluding hydrogens is 390 g/mol. The van der Waals surface area contributed by atoms with Gasteiger partial charge in [-0.05, 0) is 23.1 Å². The van der Waals surface area contributed by atoms with Crippen molar-refractivity contribution in [1.82, 2.24) is 4.98 Å². The quantitative estimate of drug-likeness (QED) is 0.255. The number of rotatable bonds is 1. The Balaban J connectivity index is 1.63. The summed E-state index contributed by atoms with van der Waals surface area (Å²) < 4.78 is 6.51. The molecule has 0 amide bonds. The molecule has 0 bridgehead atoms. The minimum absolute atomic E-state index is 0.139. The maximum absolute atomic E-state index is 6.51. The molecule has 6 aromatic rings. The fourth-order valence-electron chi connectivity index (χ4n) is 5.60. The molecule has 2 aromatic heterocycles. The average molecular weight is 412 g/mol. The van der Waals surface area contributed by atoms with Crippen LogP contribution in [0.1, 0.15) is 25.0 Å². The highest BCUT2D eigenvalue weighted by atomic mass is 16.3. The maximum atomic E-state index is 6.51. The molecule has 0 saturated heterocycles. The van der Waals surface area contributed by atoms with E-state index in [0.29, 0.717) is 0 Å². The van der Waals surface area contributed by atoms with Crippen molar-refractivity contribution in [1.29, 1.82) is 0 Å². The lowest BCUT2D eigenvalue weighted by Crippen LogP contribution is -2.14. The first-order valence-corrected chi connectivity index (χ1v) is 11.1. The summed E-state index contributed by atoms with van der Waals surface area (Å²) in [6.45, 7) is 4.60. The number of pyridine rings is 1. The minimum atomic E-state index is -0.139. The van der Waals surface area contributed by atoms with Crippen LogP contribution in [0, 0.1) is 0 Å². The Labute approximate surface area is 186 Å². The van der Waals surface area contributed by atoms with E-state index in [0.717, 1.165) is 28.1 Å². The standard InChI is InChI=1S/C30H21NO/c1-30(2)23-15-9-14-22(26(23)29-27(30)21-13-6-8-17-25(21)32-29)28-20-12-4-3-10-18(20)19-11-5-7-16-24(19)31-28/h3-17H,1-2H3. The molecule has 0 saturated carbocycles. The zero-order valence-corrected chi connectivity index (χ0v) is 18.0. The molecule has 0 radical (unpaired) electrons. The number of fused-ring (bicyclic) bond motifs is 8. The predicted octanol–water partition coefficient (Wildman–Crippen LogP) is 8.11. The number of hydrogen-bond acceptors (Lipinski definition) is 2. The van der Waals surface area contributed by atoms with Crippen LogP contribution in [0.5, 0.6) is 0 Å². The summed E-state index contributed by atoms with van der Waals surface area (Å²) in [6, 6.07) is 32.0. The van der Waals surface area contributed by atoms with Crippen molar-refractivity contribution in [3.63, 3.8) is 0 Å². The molecule has 1 aliphatic carbocycles. The fourth-order valence-corrected chi connectivity index (χ4v) is 5.60. The SMILES string of the molecule is CC1(C)c2cccc(-c3nc4ccccc4c4ccccc34)c2-c2oc3ccccc3c21. The van der Waals surface area contributed by atoms with Gasteiger partial charge in [0, 0.05) is 38.3 Å². The van der Waals surface area contributed by atoms with E-state index in [4.69, 9.17) is 9.40 Å². The Kier molecular flexibility index (Phi) is 3.37. The van der Waals surface area contributed by atoms with Crippen LogP contribution in [0.4, 0.5) is 0 Å². The van der Waals surface area contributed by atoms with E-state index in [1.807, 2.05) is 6.07 Å². The molecule has 0 fully saturated rings. The summed E-state index contributed by atoms with van der Waals surface area (Å²) in [5, 5.41) is 4.78. The summed E-state index contributed by atoms with van der Waals surface area (Å²) in [7, 11) is 0. The summed E-state index contributed by atoms with van der Waals surface area (Å²) >= 11 is 0. The number of furan rings is 1. The van der Waals surface area contributed by atoms with Gasteiger partial charge in [0.1, 0.15) is 11.3 Å². The molecule has 2 heteroatoms. The summed E-state index contributed by atoms with van der Waals surface area (Å²) in [5.41, 5.74) is 7.73.